The van der Waals surface area contributed by atoms with E-state index in [0.29, 0.717) is 17.8 Å². The van der Waals surface area contributed by atoms with Crippen molar-refractivity contribution in [3.8, 4) is 0 Å². The molecule has 0 radical (unpaired) electrons. The molecule has 0 saturated heterocycles. The normalized spacial score (nSPS) is 22.2. The summed E-state index contributed by atoms with van der Waals surface area (Å²) in [7, 11) is 0. The van der Waals surface area contributed by atoms with E-state index in [2.05, 4.69) is 28.6 Å². The third kappa shape index (κ3) is 3.22. The molecule has 1 aromatic carbocycles. The van der Waals surface area contributed by atoms with Crippen molar-refractivity contribution < 1.29 is 0 Å². The van der Waals surface area contributed by atoms with Gasteiger partial charge >= 0.3 is 0 Å². The van der Waals surface area contributed by atoms with Crippen molar-refractivity contribution in [1.82, 2.24) is 14.6 Å². The van der Waals surface area contributed by atoms with Crippen LogP contribution >= 0.6 is 0 Å². The Morgan fingerprint density at radius 3 is 2.71 bits per heavy atom. The average Bonchev–Trinajstić information content (AvgIpc) is 3.13. The van der Waals surface area contributed by atoms with Gasteiger partial charge in [-0.05, 0) is 68.6 Å². The van der Waals surface area contributed by atoms with Crippen LogP contribution in [-0.2, 0) is 12.8 Å². The number of nitrogens with zero attached hydrogens (tertiary/aromatic N) is 3. The number of fused-ring (bicyclic) bond motifs is 2. The second-order valence-corrected chi connectivity index (χ2v) is 8.30. The van der Waals surface area contributed by atoms with Crippen molar-refractivity contribution in [2.45, 2.75) is 63.3 Å². The number of imidazole rings is 1. The zero-order valence-electron chi connectivity index (χ0n) is 16.2. The lowest BCUT2D eigenvalue weighted by Crippen LogP contribution is -2.25. The molecule has 146 valence electrons. The second-order valence-electron chi connectivity index (χ2n) is 8.30. The van der Waals surface area contributed by atoms with Gasteiger partial charge in [-0.2, -0.15) is 0 Å². The zero-order valence-corrected chi connectivity index (χ0v) is 16.2. The van der Waals surface area contributed by atoms with E-state index < -0.39 is 0 Å². The van der Waals surface area contributed by atoms with Crippen molar-refractivity contribution in [2.75, 3.05) is 11.1 Å². The number of anilines is 3. The van der Waals surface area contributed by atoms with Gasteiger partial charge < -0.3 is 16.8 Å². The number of nitrogens with one attached hydrogen (secondary N) is 1. The van der Waals surface area contributed by atoms with Crippen molar-refractivity contribution in [1.29, 1.82) is 0 Å². The molecule has 0 bridgehead atoms. The maximum Gasteiger partial charge on any atom is 0.177 e. The maximum atomic E-state index is 6.11. The van der Waals surface area contributed by atoms with Crippen LogP contribution in [0.1, 0.15) is 61.3 Å². The molecule has 6 heteroatoms. The summed E-state index contributed by atoms with van der Waals surface area (Å²) in [5.74, 6) is 0.953. The quantitative estimate of drug-likeness (QED) is 0.644. The monoisotopic (exact) mass is 376 g/mol. The minimum absolute atomic E-state index is 0.337. The van der Waals surface area contributed by atoms with Crippen molar-refractivity contribution in [3.63, 3.8) is 0 Å². The standard InChI is InChI=1S/C22H28N6/c23-16-10-8-15(9-11-16)20-13-28-22(26-20)19(12-21(24)27-28)25-18-7-3-5-14-4-1-2-6-17(14)18/h3,5,7,12-13,15-16,25H,1-2,4,6,8-11,23H2,(H2,24,27). The Hall–Kier alpha value is -2.60. The first-order valence-corrected chi connectivity index (χ1v) is 10.5. The molecule has 6 nitrogen and oxygen atoms in total. The van der Waals surface area contributed by atoms with Crippen molar-refractivity contribution in [3.05, 3.63) is 47.3 Å². The minimum Gasteiger partial charge on any atom is -0.382 e. The van der Waals surface area contributed by atoms with Crippen molar-refractivity contribution in [2.24, 2.45) is 5.73 Å². The van der Waals surface area contributed by atoms with Crippen LogP contribution < -0.4 is 16.8 Å². The Balaban J connectivity index is 1.51. The van der Waals surface area contributed by atoms with E-state index in [0.717, 1.165) is 61.2 Å². The molecule has 2 aliphatic carbocycles. The largest absolute Gasteiger partial charge is 0.382 e. The van der Waals surface area contributed by atoms with Gasteiger partial charge in [0.15, 0.2) is 5.65 Å². The highest BCUT2D eigenvalue weighted by Gasteiger charge is 2.23. The third-order valence-corrected chi connectivity index (χ3v) is 6.32. The van der Waals surface area contributed by atoms with Crippen LogP contribution in [0.5, 0.6) is 0 Å². The molecule has 0 unspecified atom stereocenters. The van der Waals surface area contributed by atoms with Gasteiger partial charge in [-0.1, -0.05) is 12.1 Å². The molecular weight excluding hydrogens is 348 g/mol. The fourth-order valence-corrected chi connectivity index (χ4v) is 4.76. The number of aryl methyl sites for hydroxylation is 1. The summed E-state index contributed by atoms with van der Waals surface area (Å²) in [6.45, 7) is 0. The summed E-state index contributed by atoms with van der Waals surface area (Å²) in [6, 6.07) is 8.77. The summed E-state index contributed by atoms with van der Waals surface area (Å²) < 4.78 is 1.83. The van der Waals surface area contributed by atoms with Gasteiger partial charge in [0.2, 0.25) is 0 Å². The van der Waals surface area contributed by atoms with E-state index in [1.165, 1.54) is 24.0 Å². The molecule has 5 rings (SSSR count). The van der Waals surface area contributed by atoms with Crippen LogP contribution in [0.25, 0.3) is 5.65 Å². The average molecular weight is 377 g/mol. The molecule has 2 heterocycles. The van der Waals surface area contributed by atoms with E-state index in [4.69, 9.17) is 16.5 Å². The number of benzene rings is 1. The van der Waals surface area contributed by atoms with Gasteiger partial charge in [-0.15, -0.1) is 5.10 Å². The lowest BCUT2D eigenvalue weighted by atomic mass is 9.85. The Bertz CT molecular complexity index is 1000. The van der Waals surface area contributed by atoms with Gasteiger partial charge in [0.1, 0.15) is 5.82 Å². The summed E-state index contributed by atoms with van der Waals surface area (Å²) in [5, 5.41) is 8.08. The van der Waals surface area contributed by atoms with E-state index in [1.807, 2.05) is 16.8 Å². The van der Waals surface area contributed by atoms with Crippen LogP contribution in [0.2, 0.25) is 0 Å². The summed E-state index contributed by atoms with van der Waals surface area (Å²) >= 11 is 0. The molecule has 3 aromatic rings. The first-order valence-electron chi connectivity index (χ1n) is 10.5. The molecule has 0 atom stereocenters. The topological polar surface area (TPSA) is 94.3 Å². The lowest BCUT2D eigenvalue weighted by molar-refractivity contribution is 0.391. The highest BCUT2D eigenvalue weighted by atomic mass is 15.3. The fourth-order valence-electron chi connectivity index (χ4n) is 4.76. The Labute approximate surface area is 165 Å². The molecule has 0 aliphatic heterocycles. The first-order chi connectivity index (χ1) is 13.7. The Kier molecular flexibility index (Phi) is 4.43. The summed E-state index contributed by atoms with van der Waals surface area (Å²) in [4.78, 5) is 4.95. The highest BCUT2D eigenvalue weighted by molar-refractivity contribution is 5.77. The Morgan fingerprint density at radius 2 is 1.86 bits per heavy atom. The van der Waals surface area contributed by atoms with Crippen LogP contribution in [-0.4, -0.2) is 20.6 Å². The summed E-state index contributed by atoms with van der Waals surface area (Å²) in [6.07, 6.45) is 11.2. The second kappa shape index (κ2) is 7.09. The van der Waals surface area contributed by atoms with Gasteiger partial charge in [0, 0.05) is 23.7 Å². The lowest BCUT2D eigenvalue weighted by Gasteiger charge is -2.24. The Morgan fingerprint density at radius 1 is 1.04 bits per heavy atom. The first kappa shape index (κ1) is 17.5. The molecule has 5 N–H and O–H groups in total. The SMILES string of the molecule is Nc1cc(Nc2cccc3c2CCCC3)c2nc(C3CCC(N)CC3)cn2n1. The fraction of sp³-hybridized carbons (Fsp3) is 0.455. The molecule has 0 spiro atoms. The van der Waals surface area contributed by atoms with Crippen molar-refractivity contribution >= 4 is 22.8 Å². The number of nitrogen functional groups attached to an aromatic ring is 1. The minimum atomic E-state index is 0.337. The van der Waals surface area contributed by atoms with E-state index in [-0.39, 0.29) is 0 Å². The predicted octanol–water partition coefficient (Wildman–Crippen LogP) is 3.92. The molecule has 1 saturated carbocycles. The van der Waals surface area contributed by atoms with Crippen LogP contribution in [0, 0.1) is 0 Å². The predicted molar refractivity (Wildman–Crippen MR) is 113 cm³/mol. The molecule has 1 fully saturated rings. The highest BCUT2D eigenvalue weighted by Crippen LogP contribution is 2.34. The number of hydrogen-bond acceptors (Lipinski definition) is 5. The molecule has 28 heavy (non-hydrogen) atoms. The molecular formula is C22H28N6. The van der Waals surface area contributed by atoms with Crippen LogP contribution in [0.3, 0.4) is 0 Å². The third-order valence-electron chi connectivity index (χ3n) is 6.32. The van der Waals surface area contributed by atoms with Crippen LogP contribution in [0.15, 0.2) is 30.5 Å². The van der Waals surface area contributed by atoms with E-state index >= 15 is 0 Å². The smallest absolute Gasteiger partial charge is 0.177 e. The zero-order chi connectivity index (χ0) is 19.1. The van der Waals surface area contributed by atoms with Gasteiger partial charge in [-0.3, -0.25) is 0 Å². The number of aromatic nitrogens is 3. The van der Waals surface area contributed by atoms with Crippen LogP contribution in [0.4, 0.5) is 17.2 Å². The van der Waals surface area contributed by atoms with Gasteiger partial charge in [-0.25, -0.2) is 9.50 Å². The van der Waals surface area contributed by atoms with E-state index in [1.54, 1.807) is 0 Å². The van der Waals surface area contributed by atoms with E-state index in [9.17, 15) is 0 Å². The van der Waals surface area contributed by atoms with Gasteiger partial charge in [0.25, 0.3) is 0 Å². The molecule has 2 aliphatic rings. The maximum absolute atomic E-state index is 6.11. The summed E-state index contributed by atoms with van der Waals surface area (Å²) in [5.41, 5.74) is 19.1. The number of rotatable bonds is 3. The molecule has 0 amide bonds. The number of nitrogens with two attached hydrogens (primary N) is 2. The molecule has 2 aromatic heterocycles. The van der Waals surface area contributed by atoms with Gasteiger partial charge in [0.05, 0.1) is 17.6 Å². The number of hydrogen-bond donors (Lipinski definition) is 3.